The summed E-state index contributed by atoms with van der Waals surface area (Å²) in [6.45, 7) is 7.55. The van der Waals surface area contributed by atoms with E-state index in [0.717, 1.165) is 16.6 Å². The molecule has 0 spiro atoms. The van der Waals surface area contributed by atoms with Crippen molar-refractivity contribution in [2.75, 3.05) is 0 Å². The molecule has 1 radical (unpaired) electrons. The molecule has 6 nitrogen and oxygen atoms in total. The molecule has 0 heterocycles. The van der Waals surface area contributed by atoms with Crippen LogP contribution in [0.15, 0.2) is 66.7 Å². The van der Waals surface area contributed by atoms with Gasteiger partial charge < -0.3 is 14.5 Å². The third-order valence-corrected chi connectivity index (χ3v) is 5.98. The molecule has 0 atom stereocenters. The van der Waals surface area contributed by atoms with Crippen molar-refractivity contribution in [1.29, 1.82) is 0 Å². The van der Waals surface area contributed by atoms with Gasteiger partial charge in [-0.3, -0.25) is 10.1 Å². The Morgan fingerprint density at radius 1 is 1.00 bits per heavy atom. The molecule has 0 aliphatic rings. The van der Waals surface area contributed by atoms with E-state index in [9.17, 15) is 10.1 Å². The van der Waals surface area contributed by atoms with E-state index < -0.39 is 16.1 Å². The molecule has 33 heavy (non-hydrogen) atoms. The van der Waals surface area contributed by atoms with Crippen molar-refractivity contribution in [3.63, 3.8) is 0 Å². The highest BCUT2D eigenvalue weighted by molar-refractivity contribution is 6.47. The van der Waals surface area contributed by atoms with Gasteiger partial charge in [0.25, 0.3) is 5.69 Å². The van der Waals surface area contributed by atoms with Crippen LogP contribution in [-0.2, 0) is 11.3 Å². The van der Waals surface area contributed by atoms with Gasteiger partial charge in [-0.15, -0.1) is 0 Å². The molecule has 0 saturated carbocycles. The number of benzene rings is 3. The van der Waals surface area contributed by atoms with Gasteiger partial charge in [0.1, 0.15) is 18.0 Å². The van der Waals surface area contributed by atoms with Crippen molar-refractivity contribution in [3.8, 4) is 16.9 Å². The molecule has 3 rings (SSSR count). The summed E-state index contributed by atoms with van der Waals surface area (Å²) in [4.78, 5) is 10.9. The van der Waals surface area contributed by atoms with E-state index in [-0.39, 0.29) is 12.3 Å². The van der Waals surface area contributed by atoms with Crippen LogP contribution in [0.5, 0.6) is 5.75 Å². The fourth-order valence-electron chi connectivity index (χ4n) is 2.89. The molecule has 0 aliphatic carbocycles. The maximum atomic E-state index is 11.3. The van der Waals surface area contributed by atoms with Crippen molar-refractivity contribution in [3.05, 3.63) is 87.4 Å². The minimum Gasteiger partial charge on any atom is -0.489 e. The fraction of sp³-hybridized carbons (Fsp3) is 0.280. The molecule has 0 aliphatic heterocycles. The Morgan fingerprint density at radius 3 is 2.21 bits per heavy atom. The summed E-state index contributed by atoms with van der Waals surface area (Å²) in [6, 6.07) is 19.4. The second kappa shape index (κ2) is 9.95. The third kappa shape index (κ3) is 6.35. The van der Waals surface area contributed by atoms with Crippen molar-refractivity contribution in [2.24, 2.45) is 0 Å². The minimum absolute atomic E-state index is 0.00772. The lowest BCUT2D eigenvalue weighted by molar-refractivity contribution is -0.384. The summed E-state index contributed by atoms with van der Waals surface area (Å²) in [7, 11) is 1.64. The maximum Gasteiger partial charge on any atom is 0.331 e. The van der Waals surface area contributed by atoms with Crippen LogP contribution >= 0.6 is 11.6 Å². The first kappa shape index (κ1) is 24.8. The summed E-state index contributed by atoms with van der Waals surface area (Å²) in [5.41, 5.74) is 1.88. The molecular formula is C25H27BClNO5+. The Morgan fingerprint density at radius 2 is 1.64 bits per heavy atom. The summed E-state index contributed by atoms with van der Waals surface area (Å²) < 4.78 is 11.8. The van der Waals surface area contributed by atoms with Gasteiger partial charge in [-0.05, 0) is 55.3 Å². The molecule has 3 aromatic carbocycles. The van der Waals surface area contributed by atoms with Crippen LogP contribution in [0.1, 0.15) is 33.3 Å². The molecule has 0 saturated heterocycles. The average molecular weight is 468 g/mol. The van der Waals surface area contributed by atoms with Gasteiger partial charge in [0.15, 0.2) is 5.60 Å². The normalized spacial score (nSPS) is 11.8. The molecule has 2 N–H and O–H groups in total. The fourth-order valence-corrected chi connectivity index (χ4v) is 3.02. The summed E-state index contributed by atoms with van der Waals surface area (Å²) in [5, 5.41) is 20.1. The molecule has 171 valence electrons. The number of rotatable bonds is 9. The Bertz CT molecular complexity index is 1110. The zero-order valence-electron chi connectivity index (χ0n) is 19.1. The van der Waals surface area contributed by atoms with Crippen molar-refractivity contribution >= 4 is 30.2 Å². The third-order valence-electron chi connectivity index (χ3n) is 5.72. The molecule has 3 aromatic rings. The quantitative estimate of drug-likeness (QED) is 0.191. The topological polar surface area (TPSA) is 84.5 Å². The van der Waals surface area contributed by atoms with Crippen LogP contribution in [0.25, 0.3) is 11.1 Å². The van der Waals surface area contributed by atoms with Crippen LogP contribution in [0, 0.1) is 10.1 Å². The molecule has 0 bridgehead atoms. The van der Waals surface area contributed by atoms with Crippen LogP contribution in [0.3, 0.4) is 0 Å². The van der Waals surface area contributed by atoms with Crippen molar-refractivity contribution in [2.45, 2.75) is 45.5 Å². The number of ether oxygens (including phenoxy) is 1. The van der Waals surface area contributed by atoms with Crippen LogP contribution in [-0.4, -0.2) is 28.7 Å². The standard InChI is InChI=1S/C25H26BClNO5/c1-24(2,29)25(3,4)33-26-19-7-12-22(13-8-19)32-16-18-15-21(28(30)31)11-14-23(18)17-5-9-20(27)10-6-17/h5-15,29H,16H2,1-4H3/p+1. The van der Waals surface area contributed by atoms with E-state index in [1.807, 2.05) is 64.1 Å². The van der Waals surface area contributed by atoms with Crippen LogP contribution < -0.4 is 10.2 Å². The zero-order chi connectivity index (χ0) is 24.2. The molecule has 0 fully saturated rings. The highest BCUT2D eigenvalue weighted by atomic mass is 35.5. The Hall–Kier alpha value is -2.87. The first-order valence-electron chi connectivity index (χ1n) is 10.5. The summed E-state index contributed by atoms with van der Waals surface area (Å²) >= 11 is 5.99. The molecule has 0 amide bonds. The lowest BCUT2D eigenvalue weighted by atomic mass is 9.82. The number of halogens is 1. The SMILES string of the molecule is CC(C)([OH2+])C(C)(C)O[B]c1ccc(OCc2cc([N+](=O)[O-])ccc2-c2ccc(Cl)cc2)cc1. The van der Waals surface area contributed by atoms with Crippen LogP contribution in [0.4, 0.5) is 5.69 Å². The van der Waals surface area contributed by atoms with Gasteiger partial charge in [0.2, 0.25) is 0 Å². The van der Waals surface area contributed by atoms with Crippen molar-refractivity contribution < 1.29 is 19.4 Å². The van der Waals surface area contributed by atoms with Gasteiger partial charge in [-0.25, -0.2) is 0 Å². The van der Waals surface area contributed by atoms with Gasteiger partial charge in [0, 0.05) is 36.6 Å². The van der Waals surface area contributed by atoms with E-state index in [0.29, 0.717) is 16.3 Å². The first-order chi connectivity index (χ1) is 15.5. The van der Waals surface area contributed by atoms with E-state index in [1.54, 1.807) is 25.7 Å². The number of hydrogen-bond donors (Lipinski definition) is 0. The number of non-ortho nitro benzene ring substituents is 1. The Balaban J connectivity index is 1.73. The highest BCUT2D eigenvalue weighted by Gasteiger charge is 2.40. The van der Waals surface area contributed by atoms with E-state index in [4.69, 9.17) is 26.1 Å². The van der Waals surface area contributed by atoms with Gasteiger partial charge >= 0.3 is 7.48 Å². The van der Waals surface area contributed by atoms with Gasteiger partial charge in [0.05, 0.1) is 4.92 Å². The van der Waals surface area contributed by atoms with E-state index >= 15 is 0 Å². The molecule has 8 heteroatoms. The minimum atomic E-state index is -0.757. The number of nitrogens with zero attached hydrogens (tertiary/aromatic N) is 1. The number of hydrogen-bond acceptors (Lipinski definition) is 4. The van der Waals surface area contributed by atoms with Gasteiger partial charge in [-0.1, -0.05) is 41.3 Å². The Labute approximate surface area is 199 Å². The van der Waals surface area contributed by atoms with Gasteiger partial charge in [-0.2, -0.15) is 0 Å². The highest BCUT2D eigenvalue weighted by Crippen LogP contribution is 2.29. The smallest absolute Gasteiger partial charge is 0.331 e. The lowest BCUT2D eigenvalue weighted by Gasteiger charge is -2.33. The first-order valence-corrected chi connectivity index (χ1v) is 10.9. The zero-order valence-corrected chi connectivity index (χ0v) is 19.8. The molecule has 0 aromatic heterocycles. The Kier molecular flexibility index (Phi) is 7.47. The van der Waals surface area contributed by atoms with Crippen molar-refractivity contribution in [1.82, 2.24) is 0 Å². The molecule has 0 unspecified atom stereocenters. The second-order valence-corrected chi connectivity index (χ2v) is 9.27. The van der Waals surface area contributed by atoms with E-state index in [2.05, 4.69) is 0 Å². The lowest BCUT2D eigenvalue weighted by Crippen LogP contribution is -2.49. The predicted molar refractivity (Wildman–Crippen MR) is 133 cm³/mol. The number of nitro benzene ring substituents is 1. The predicted octanol–water partition coefficient (Wildman–Crippen LogP) is 5.04. The summed E-state index contributed by atoms with van der Waals surface area (Å²) in [5.74, 6) is 0.626. The second-order valence-electron chi connectivity index (χ2n) is 8.83. The average Bonchev–Trinajstić information content (AvgIpc) is 2.76. The number of nitro groups is 1. The summed E-state index contributed by atoms with van der Waals surface area (Å²) in [6.07, 6.45) is 0. The largest absolute Gasteiger partial charge is 0.489 e. The maximum absolute atomic E-state index is 11.3. The monoisotopic (exact) mass is 467 g/mol. The van der Waals surface area contributed by atoms with Crippen LogP contribution in [0.2, 0.25) is 5.02 Å². The van der Waals surface area contributed by atoms with E-state index in [1.165, 1.54) is 12.1 Å². The molecular weight excluding hydrogens is 441 g/mol.